The summed E-state index contributed by atoms with van der Waals surface area (Å²) in [6.07, 6.45) is 0.415. The van der Waals surface area contributed by atoms with Crippen molar-refractivity contribution < 1.29 is 4.79 Å². The van der Waals surface area contributed by atoms with Crippen LogP contribution in [0, 0.1) is 0 Å². The van der Waals surface area contributed by atoms with Crippen molar-refractivity contribution in [2.75, 3.05) is 31.1 Å². The molecule has 0 aliphatic carbocycles. The van der Waals surface area contributed by atoms with Gasteiger partial charge < -0.3 is 9.80 Å². The second-order valence-electron chi connectivity index (χ2n) is 6.95. The SMILES string of the molecule is O=C(Cc1ccccc1)N1CCN(c2ccc(=O)n(-c3cccc(Cl)c3)n2)CC1. The number of anilines is 1. The smallest absolute Gasteiger partial charge is 0.271 e. The van der Waals surface area contributed by atoms with Gasteiger partial charge in [0.05, 0.1) is 12.1 Å². The third kappa shape index (κ3) is 4.49. The first kappa shape index (κ1) is 19.2. The van der Waals surface area contributed by atoms with Gasteiger partial charge in [-0.25, -0.2) is 0 Å². The normalized spacial score (nSPS) is 14.1. The number of amides is 1. The van der Waals surface area contributed by atoms with Crippen LogP contribution >= 0.6 is 11.6 Å². The van der Waals surface area contributed by atoms with Crippen LogP contribution in [0.1, 0.15) is 5.56 Å². The lowest BCUT2D eigenvalue weighted by atomic mass is 10.1. The molecular weight excluding hydrogens is 388 g/mol. The lowest BCUT2D eigenvalue weighted by Gasteiger charge is -2.35. The zero-order valence-corrected chi connectivity index (χ0v) is 16.6. The van der Waals surface area contributed by atoms with Gasteiger partial charge in [0.1, 0.15) is 5.82 Å². The van der Waals surface area contributed by atoms with E-state index in [0.29, 0.717) is 49.1 Å². The van der Waals surface area contributed by atoms with Crippen molar-refractivity contribution in [3.8, 4) is 5.69 Å². The van der Waals surface area contributed by atoms with Gasteiger partial charge in [0.2, 0.25) is 5.91 Å². The summed E-state index contributed by atoms with van der Waals surface area (Å²) in [5.74, 6) is 0.840. The standard InChI is InChI=1S/C22H21ClN4O2/c23-18-7-4-8-19(16-18)27-21(28)10-9-20(24-27)25-11-13-26(14-12-25)22(29)15-17-5-2-1-3-6-17/h1-10,16H,11-15H2. The van der Waals surface area contributed by atoms with E-state index in [4.69, 9.17) is 11.6 Å². The summed E-state index contributed by atoms with van der Waals surface area (Å²) in [5, 5.41) is 5.06. The molecule has 1 saturated heterocycles. The zero-order chi connectivity index (χ0) is 20.2. The van der Waals surface area contributed by atoms with Crippen LogP contribution in [-0.4, -0.2) is 46.8 Å². The summed E-state index contributed by atoms with van der Waals surface area (Å²) >= 11 is 6.05. The average Bonchev–Trinajstić information content (AvgIpc) is 2.75. The van der Waals surface area contributed by atoms with Crippen molar-refractivity contribution in [2.24, 2.45) is 0 Å². The van der Waals surface area contributed by atoms with Crippen molar-refractivity contribution in [3.63, 3.8) is 0 Å². The number of halogens is 1. The van der Waals surface area contributed by atoms with Gasteiger partial charge >= 0.3 is 0 Å². The van der Waals surface area contributed by atoms with Crippen LogP contribution in [0.4, 0.5) is 5.82 Å². The molecule has 0 bridgehead atoms. The highest BCUT2D eigenvalue weighted by Gasteiger charge is 2.22. The number of piperazine rings is 1. The second-order valence-corrected chi connectivity index (χ2v) is 7.39. The second kappa shape index (κ2) is 8.49. The molecule has 1 aromatic heterocycles. The van der Waals surface area contributed by atoms with Crippen LogP contribution in [0.3, 0.4) is 0 Å². The third-order valence-electron chi connectivity index (χ3n) is 4.99. The maximum Gasteiger partial charge on any atom is 0.271 e. The maximum absolute atomic E-state index is 12.6. The first-order valence-corrected chi connectivity index (χ1v) is 9.91. The van der Waals surface area contributed by atoms with Crippen LogP contribution in [0.25, 0.3) is 5.69 Å². The predicted molar refractivity (Wildman–Crippen MR) is 114 cm³/mol. The number of carbonyl (C=O) groups is 1. The Hall–Kier alpha value is -3.12. The molecule has 0 saturated carbocycles. The molecule has 0 atom stereocenters. The van der Waals surface area contributed by atoms with Crippen molar-refractivity contribution >= 4 is 23.3 Å². The fraction of sp³-hybridized carbons (Fsp3) is 0.227. The van der Waals surface area contributed by atoms with E-state index in [1.807, 2.05) is 35.2 Å². The van der Waals surface area contributed by atoms with E-state index in [9.17, 15) is 9.59 Å². The summed E-state index contributed by atoms with van der Waals surface area (Å²) in [6.45, 7) is 2.59. The highest BCUT2D eigenvalue weighted by Crippen LogP contribution is 2.16. The Morgan fingerprint density at radius 2 is 1.69 bits per heavy atom. The molecule has 0 radical (unpaired) electrons. The quantitative estimate of drug-likeness (QED) is 0.666. The summed E-state index contributed by atoms with van der Waals surface area (Å²) < 4.78 is 1.36. The van der Waals surface area contributed by atoms with E-state index in [-0.39, 0.29) is 11.5 Å². The highest BCUT2D eigenvalue weighted by atomic mass is 35.5. The van der Waals surface area contributed by atoms with Gasteiger partial charge in [-0.15, -0.1) is 5.10 Å². The van der Waals surface area contributed by atoms with Gasteiger partial charge in [-0.05, 0) is 29.8 Å². The highest BCUT2D eigenvalue weighted by molar-refractivity contribution is 6.30. The Labute approximate surface area is 173 Å². The Morgan fingerprint density at radius 3 is 2.41 bits per heavy atom. The minimum Gasteiger partial charge on any atom is -0.352 e. The van der Waals surface area contributed by atoms with E-state index in [2.05, 4.69) is 10.00 Å². The Morgan fingerprint density at radius 1 is 0.931 bits per heavy atom. The lowest BCUT2D eigenvalue weighted by Crippen LogP contribution is -2.49. The van der Waals surface area contributed by atoms with E-state index in [1.54, 1.807) is 30.3 Å². The molecule has 7 heteroatoms. The van der Waals surface area contributed by atoms with E-state index in [0.717, 1.165) is 5.56 Å². The number of carbonyl (C=O) groups excluding carboxylic acids is 1. The van der Waals surface area contributed by atoms with Gasteiger partial charge in [-0.2, -0.15) is 4.68 Å². The van der Waals surface area contributed by atoms with Crippen molar-refractivity contribution in [2.45, 2.75) is 6.42 Å². The summed E-state index contributed by atoms with van der Waals surface area (Å²) in [6, 6.07) is 20.1. The summed E-state index contributed by atoms with van der Waals surface area (Å²) in [7, 11) is 0. The van der Waals surface area contributed by atoms with Gasteiger partial charge in [0, 0.05) is 37.3 Å². The molecule has 2 heterocycles. The molecule has 1 aliphatic heterocycles. The molecule has 1 amide bonds. The zero-order valence-electron chi connectivity index (χ0n) is 15.9. The molecule has 0 spiro atoms. The molecule has 2 aromatic carbocycles. The lowest BCUT2D eigenvalue weighted by molar-refractivity contribution is -0.130. The first-order chi connectivity index (χ1) is 14.1. The molecule has 6 nitrogen and oxygen atoms in total. The molecule has 148 valence electrons. The predicted octanol–water partition coefficient (Wildman–Crippen LogP) is 2.78. The van der Waals surface area contributed by atoms with Gasteiger partial charge in [-0.1, -0.05) is 48.0 Å². The van der Waals surface area contributed by atoms with Gasteiger partial charge in [0.15, 0.2) is 0 Å². The van der Waals surface area contributed by atoms with Crippen LogP contribution in [0.5, 0.6) is 0 Å². The molecule has 29 heavy (non-hydrogen) atoms. The first-order valence-electron chi connectivity index (χ1n) is 9.53. The van der Waals surface area contributed by atoms with Crippen molar-refractivity contribution in [1.82, 2.24) is 14.7 Å². The minimum atomic E-state index is -0.215. The summed E-state index contributed by atoms with van der Waals surface area (Å²) in [5.41, 5.74) is 1.43. The number of hydrogen-bond acceptors (Lipinski definition) is 4. The van der Waals surface area contributed by atoms with Crippen LogP contribution in [0.15, 0.2) is 71.5 Å². The fourth-order valence-corrected chi connectivity index (χ4v) is 3.61. The van der Waals surface area contributed by atoms with Crippen molar-refractivity contribution in [3.05, 3.63) is 87.7 Å². The molecule has 3 aromatic rings. The summed E-state index contributed by atoms with van der Waals surface area (Å²) in [4.78, 5) is 28.8. The maximum atomic E-state index is 12.6. The molecule has 0 N–H and O–H groups in total. The number of aromatic nitrogens is 2. The number of nitrogens with zero attached hydrogens (tertiary/aromatic N) is 4. The monoisotopic (exact) mass is 408 g/mol. The van der Waals surface area contributed by atoms with Gasteiger partial charge in [-0.3, -0.25) is 9.59 Å². The molecule has 4 rings (SSSR count). The largest absolute Gasteiger partial charge is 0.352 e. The number of hydrogen-bond donors (Lipinski definition) is 0. The Bertz CT molecular complexity index is 1060. The molecule has 1 aliphatic rings. The van der Waals surface area contributed by atoms with E-state index in [1.165, 1.54) is 10.7 Å². The number of rotatable bonds is 4. The number of benzene rings is 2. The van der Waals surface area contributed by atoms with E-state index < -0.39 is 0 Å². The topological polar surface area (TPSA) is 58.4 Å². The third-order valence-corrected chi connectivity index (χ3v) is 5.23. The van der Waals surface area contributed by atoms with Gasteiger partial charge in [0.25, 0.3) is 5.56 Å². The van der Waals surface area contributed by atoms with Crippen LogP contribution in [0.2, 0.25) is 5.02 Å². The molecular formula is C22H21ClN4O2. The Balaban J connectivity index is 1.44. The molecule has 0 unspecified atom stereocenters. The van der Waals surface area contributed by atoms with Crippen molar-refractivity contribution in [1.29, 1.82) is 0 Å². The Kier molecular flexibility index (Phi) is 5.62. The average molecular weight is 409 g/mol. The fourth-order valence-electron chi connectivity index (χ4n) is 3.43. The van der Waals surface area contributed by atoms with Crippen LogP contribution < -0.4 is 10.5 Å². The van der Waals surface area contributed by atoms with Crippen LogP contribution in [-0.2, 0) is 11.2 Å². The van der Waals surface area contributed by atoms with E-state index >= 15 is 0 Å². The minimum absolute atomic E-state index is 0.132. The molecule has 1 fully saturated rings.